The van der Waals surface area contributed by atoms with Gasteiger partial charge in [0.25, 0.3) is 40.9 Å². The minimum absolute atomic E-state index is 0.0837. The number of aliphatic hydroxyl groups is 1. The molecule has 7 atom stereocenters. The second kappa shape index (κ2) is 24.5. The molecular weight excluding hydrogens is 1050 g/mol. The molecule has 418 valence electrons. The molecule has 0 heterocycles. The third-order valence-electron chi connectivity index (χ3n) is 11.9. The molecule has 25 N–H and O–H groups in total. The Morgan fingerprint density at radius 1 is 0.675 bits per heavy atom. The van der Waals surface area contributed by atoms with E-state index in [2.05, 4.69) is 21.3 Å². The highest BCUT2D eigenvalue weighted by Crippen LogP contribution is 2.49. The van der Waals surface area contributed by atoms with Crippen molar-refractivity contribution in [3.05, 3.63) is 156 Å². The number of aromatic carboxylic acids is 1. The molecule has 0 fully saturated rings. The Bertz CT molecular complexity index is 3220. The van der Waals surface area contributed by atoms with Gasteiger partial charge in [-0.25, -0.2) is 4.79 Å². The van der Waals surface area contributed by atoms with Gasteiger partial charge in [-0.2, -0.15) is 0 Å². The van der Waals surface area contributed by atoms with E-state index in [1.807, 2.05) is 57.0 Å². The topological polar surface area (TPSA) is 583 Å². The average molecular weight is 1110 g/mol. The van der Waals surface area contributed by atoms with Crippen LogP contribution in [0.1, 0.15) is 28.4 Å². The van der Waals surface area contributed by atoms with E-state index >= 15 is 0 Å². The number of nitrogens with two attached hydrogens (primary N) is 5. The molecule has 6 amide bonds. The van der Waals surface area contributed by atoms with Gasteiger partial charge in [0, 0.05) is 18.5 Å². The summed E-state index contributed by atoms with van der Waals surface area (Å²) >= 11 is 0. The Morgan fingerprint density at radius 3 is 1.73 bits per heavy atom. The number of nitrogens with zero attached hydrogens (tertiary/aromatic N) is 3. The van der Waals surface area contributed by atoms with Crippen molar-refractivity contribution in [1.29, 1.82) is 21.6 Å². The number of benzene rings is 2. The Balaban J connectivity index is 1.35. The first-order valence-electron chi connectivity index (χ1n) is 23.1. The van der Waals surface area contributed by atoms with Crippen LogP contribution >= 0.6 is 0 Å². The highest BCUT2D eigenvalue weighted by Gasteiger charge is 2.42. The molecule has 2 aromatic carbocycles. The molecule has 7 unspecified atom stereocenters. The van der Waals surface area contributed by atoms with Gasteiger partial charge < -0.3 is 91.6 Å². The molecule has 0 aliphatic heterocycles. The van der Waals surface area contributed by atoms with Crippen molar-refractivity contribution in [1.82, 2.24) is 47.9 Å². The van der Waals surface area contributed by atoms with Gasteiger partial charge in [-0.1, -0.05) is 72.9 Å². The summed E-state index contributed by atoms with van der Waals surface area (Å²) in [5.41, 5.74) is 26.9. The predicted octanol–water partition coefficient (Wildman–Crippen LogP) is -4.45. The molecule has 6 rings (SSSR count). The van der Waals surface area contributed by atoms with E-state index in [9.17, 15) is 64.0 Å². The number of amides is 6. The van der Waals surface area contributed by atoms with Crippen LogP contribution in [0.4, 0.5) is 17.1 Å². The molecular formula is C46H51N21O13. The van der Waals surface area contributed by atoms with Gasteiger partial charge in [0.2, 0.25) is 12.1 Å². The highest BCUT2D eigenvalue weighted by atomic mass is 16.6. The molecule has 0 saturated carbocycles. The number of carbonyl (C=O) groups is 7. The van der Waals surface area contributed by atoms with Crippen molar-refractivity contribution in [2.75, 3.05) is 11.4 Å². The fourth-order valence-corrected chi connectivity index (χ4v) is 8.63. The number of nitro groups is 2. The Kier molecular flexibility index (Phi) is 17.7. The van der Waals surface area contributed by atoms with Crippen molar-refractivity contribution in [2.45, 2.75) is 43.4 Å². The number of hydrogen-bond donors (Lipinski definition) is 20. The number of nitrogens with one attached hydrogen (secondary N) is 13. The maximum atomic E-state index is 14.7. The van der Waals surface area contributed by atoms with Crippen LogP contribution in [0.15, 0.2) is 125 Å². The van der Waals surface area contributed by atoms with Crippen LogP contribution in [0.2, 0.25) is 0 Å². The summed E-state index contributed by atoms with van der Waals surface area (Å²) in [7, 11) is 0. The van der Waals surface area contributed by atoms with Crippen molar-refractivity contribution in [3.8, 4) is 0 Å². The number of aliphatic hydroxyl groups excluding tert-OH is 1. The minimum atomic E-state index is -2.69. The number of non-ortho nitro benzene ring substituents is 1. The van der Waals surface area contributed by atoms with Gasteiger partial charge in [0.1, 0.15) is 11.7 Å². The van der Waals surface area contributed by atoms with Gasteiger partial charge in [-0.15, -0.1) is 0 Å². The lowest BCUT2D eigenvalue weighted by Crippen LogP contribution is -2.68. The summed E-state index contributed by atoms with van der Waals surface area (Å²) in [6.07, 6.45) is 4.09. The fourth-order valence-electron chi connectivity index (χ4n) is 8.63. The van der Waals surface area contributed by atoms with Gasteiger partial charge in [0.05, 0.1) is 21.5 Å². The number of primary amides is 1. The molecule has 0 saturated heterocycles. The van der Waals surface area contributed by atoms with Gasteiger partial charge >= 0.3 is 5.97 Å². The molecule has 4 aliphatic rings. The standard InChI is InChI=1S/C46H51N21O13/c47-31(68)32(61-43(48)49)57-37(70)34(63-45(52)53)59-39(72)35(64-46(54)55)60-38(71)33(62-44(50)51)58-36(69)29(20-6-2-1-3-7-20)56-40(73)41(74)65(30-25(42(75)76)15-23(66(77)78)16-26(30)67(79)80)17-22-14-21-10-4-8-18-12-13-19-9-5-11-24(22)28(19)27(18)21/h1-7,9-16,28-29,32-35,41,74H,8,17H2,(H2,47,68)(H,56,73)(H,57,70)(H,58,69)(H,59,72)(H,60,71)(H,75,76)(H4,48,49,61)(H4,50,51,62)(H4,52,53,63)(H4,54,55,64). The van der Waals surface area contributed by atoms with Crippen molar-refractivity contribution in [3.63, 3.8) is 0 Å². The lowest BCUT2D eigenvalue weighted by atomic mass is 9.67. The summed E-state index contributed by atoms with van der Waals surface area (Å²) in [4.78, 5) is 118. The molecule has 34 nitrogen and oxygen atoms in total. The zero-order chi connectivity index (χ0) is 58.9. The zero-order valence-corrected chi connectivity index (χ0v) is 41.2. The summed E-state index contributed by atoms with van der Waals surface area (Å²) in [6, 6.07) is 5.85. The van der Waals surface area contributed by atoms with E-state index in [0.29, 0.717) is 40.2 Å². The lowest BCUT2D eigenvalue weighted by molar-refractivity contribution is -0.393. The lowest BCUT2D eigenvalue weighted by Gasteiger charge is -2.39. The third kappa shape index (κ3) is 13.5. The quantitative estimate of drug-likeness (QED) is 0.0164. The summed E-state index contributed by atoms with van der Waals surface area (Å²) in [5.74, 6) is -14.6. The largest absolute Gasteiger partial charge is 0.478 e. The average Bonchev–Trinajstić information content (AvgIpc) is 3.54. The second-order valence-electron chi connectivity index (χ2n) is 17.4. The summed E-state index contributed by atoms with van der Waals surface area (Å²) in [6.45, 7) is -0.683. The first-order valence-corrected chi connectivity index (χ1v) is 23.1. The molecule has 4 aliphatic carbocycles. The zero-order valence-electron chi connectivity index (χ0n) is 41.2. The van der Waals surface area contributed by atoms with Crippen LogP contribution in [0.25, 0.3) is 0 Å². The molecule has 0 aromatic heterocycles. The maximum absolute atomic E-state index is 14.7. The number of carbonyl (C=O) groups excluding carboxylic acids is 6. The predicted molar refractivity (Wildman–Crippen MR) is 280 cm³/mol. The smallest absolute Gasteiger partial charge is 0.338 e. The monoisotopic (exact) mass is 1110 g/mol. The Morgan fingerprint density at radius 2 is 1.21 bits per heavy atom. The third-order valence-corrected chi connectivity index (χ3v) is 11.9. The van der Waals surface area contributed by atoms with Crippen LogP contribution in [0.3, 0.4) is 0 Å². The molecule has 0 radical (unpaired) electrons. The number of hydrogen-bond acceptors (Lipinski definition) is 17. The molecule has 80 heavy (non-hydrogen) atoms. The van der Waals surface area contributed by atoms with Gasteiger partial charge in [-0.05, 0) is 51.5 Å². The fraction of sp³-hybridized carbons (Fsp3) is 0.196. The van der Waals surface area contributed by atoms with Crippen LogP contribution < -0.4 is 81.4 Å². The molecule has 34 heteroatoms. The number of carboxylic acids is 1. The number of anilines is 1. The van der Waals surface area contributed by atoms with Crippen molar-refractivity contribution >= 4 is 82.3 Å². The number of guanidine groups is 4. The highest BCUT2D eigenvalue weighted by molar-refractivity contribution is 6.02. The van der Waals surface area contributed by atoms with Crippen LogP contribution in [0, 0.1) is 47.8 Å². The van der Waals surface area contributed by atoms with E-state index in [4.69, 9.17) is 50.3 Å². The van der Waals surface area contributed by atoms with E-state index in [1.165, 1.54) is 30.3 Å². The number of rotatable bonds is 23. The van der Waals surface area contributed by atoms with Crippen molar-refractivity contribution in [2.24, 2.45) is 34.6 Å². The van der Waals surface area contributed by atoms with E-state index in [1.54, 1.807) is 18.2 Å². The van der Waals surface area contributed by atoms with Gasteiger partial charge in [0.15, 0.2) is 48.5 Å². The first kappa shape index (κ1) is 57.8. The minimum Gasteiger partial charge on any atom is -0.478 e. The normalized spacial score (nSPS) is 16.6. The maximum Gasteiger partial charge on any atom is 0.338 e. The molecule has 0 bridgehead atoms. The van der Waals surface area contributed by atoms with Crippen LogP contribution in [0.5, 0.6) is 0 Å². The Labute approximate surface area is 449 Å². The number of allylic oxidation sites excluding steroid dienone is 12. The van der Waals surface area contributed by atoms with Gasteiger partial charge in [-0.3, -0.25) is 70.6 Å². The van der Waals surface area contributed by atoms with Crippen LogP contribution in [-0.2, 0) is 28.8 Å². The Hall–Kier alpha value is -11.5. The summed E-state index contributed by atoms with van der Waals surface area (Å²) in [5, 5.41) is 96.9. The van der Waals surface area contributed by atoms with E-state index < -0.39 is 147 Å². The number of nitro benzene ring substituents is 2. The first-order chi connectivity index (χ1) is 37.7. The summed E-state index contributed by atoms with van der Waals surface area (Å²) < 4.78 is 0. The number of carboxylic acid groups (broad SMARTS) is 1. The van der Waals surface area contributed by atoms with Crippen LogP contribution in [-0.4, -0.2) is 123 Å². The van der Waals surface area contributed by atoms with E-state index in [-0.39, 0.29) is 5.56 Å². The second-order valence-corrected chi connectivity index (χ2v) is 17.4. The van der Waals surface area contributed by atoms with E-state index in [0.717, 1.165) is 16.7 Å². The molecule has 0 spiro atoms. The molecule has 2 aromatic rings. The SMILES string of the molecule is N=C(N)NC(NC(=O)C(NC(=N)N)NC(=O)C(NC(=N)N)NC(=O)C(NC(=N)N)NC(=O)C(NC(=O)C(O)N(CC1=CC2=C3C(=CC=C4C=CC=C1C43)CC=C2)c1c(C(=O)O)cc([N+](=O)[O-])cc1[N+](=O)[O-])c1ccccc1)C(N)=O. The van der Waals surface area contributed by atoms with Crippen molar-refractivity contribution < 1.29 is 53.6 Å².